The SMILES string of the molecule is Cc1ccc(-c2nn(-c3ccc(F)cc3)cc2C(=O)N2CCC(NC(=O)c3ccsc3)CC2)cc1. The van der Waals surface area contributed by atoms with Crippen molar-refractivity contribution in [3.05, 3.63) is 94.1 Å². The van der Waals surface area contributed by atoms with Gasteiger partial charge in [0.25, 0.3) is 11.8 Å². The summed E-state index contributed by atoms with van der Waals surface area (Å²) in [4.78, 5) is 27.8. The molecule has 1 saturated heterocycles. The van der Waals surface area contributed by atoms with E-state index in [1.54, 1.807) is 23.0 Å². The Morgan fingerprint density at radius 2 is 1.74 bits per heavy atom. The molecule has 2 aromatic heterocycles. The standard InChI is InChI=1S/C27H25FN4O2S/c1-18-2-4-19(5-3-18)25-24(16-32(30-25)23-8-6-21(28)7-9-23)27(34)31-13-10-22(11-14-31)29-26(33)20-12-15-35-17-20/h2-9,12,15-17,22H,10-11,13-14H2,1H3,(H,29,33). The highest BCUT2D eigenvalue weighted by molar-refractivity contribution is 7.08. The molecule has 0 saturated carbocycles. The van der Waals surface area contributed by atoms with Crippen LogP contribution in [0.4, 0.5) is 4.39 Å². The number of nitrogens with one attached hydrogen (secondary N) is 1. The number of aromatic nitrogens is 2. The first-order valence-corrected chi connectivity index (χ1v) is 12.5. The Balaban J connectivity index is 1.36. The average molecular weight is 489 g/mol. The third kappa shape index (κ3) is 5.02. The molecule has 0 bridgehead atoms. The fraction of sp³-hybridized carbons (Fsp3) is 0.222. The number of hydrogen-bond donors (Lipinski definition) is 1. The number of rotatable bonds is 5. The molecule has 178 valence electrons. The third-order valence-corrected chi connectivity index (χ3v) is 6.94. The van der Waals surface area contributed by atoms with E-state index in [1.807, 2.05) is 52.9 Å². The molecule has 3 heterocycles. The molecule has 6 nitrogen and oxygen atoms in total. The second-order valence-corrected chi connectivity index (χ2v) is 9.51. The Morgan fingerprint density at radius 3 is 2.40 bits per heavy atom. The van der Waals surface area contributed by atoms with Crippen LogP contribution in [0.1, 0.15) is 39.1 Å². The fourth-order valence-corrected chi connectivity index (χ4v) is 4.88. The molecule has 0 spiro atoms. The van der Waals surface area contributed by atoms with Gasteiger partial charge in [-0.25, -0.2) is 9.07 Å². The van der Waals surface area contributed by atoms with Crippen LogP contribution in [-0.2, 0) is 0 Å². The molecule has 2 aromatic carbocycles. The minimum Gasteiger partial charge on any atom is -0.349 e. The van der Waals surface area contributed by atoms with Crippen molar-refractivity contribution in [2.45, 2.75) is 25.8 Å². The van der Waals surface area contributed by atoms with Crippen LogP contribution in [0.2, 0.25) is 0 Å². The van der Waals surface area contributed by atoms with Crippen LogP contribution in [0, 0.1) is 12.7 Å². The zero-order valence-corrected chi connectivity index (χ0v) is 20.1. The molecular formula is C27H25FN4O2S. The summed E-state index contributed by atoms with van der Waals surface area (Å²) in [5.74, 6) is -0.500. The summed E-state index contributed by atoms with van der Waals surface area (Å²) in [7, 11) is 0. The smallest absolute Gasteiger partial charge is 0.257 e. The molecule has 0 unspecified atom stereocenters. The van der Waals surface area contributed by atoms with Gasteiger partial charge in [0.1, 0.15) is 11.5 Å². The average Bonchev–Trinajstić information content (AvgIpc) is 3.56. The number of benzene rings is 2. The first kappa shape index (κ1) is 23.0. The molecular weight excluding hydrogens is 463 g/mol. The van der Waals surface area contributed by atoms with Gasteiger partial charge in [-0.3, -0.25) is 9.59 Å². The summed E-state index contributed by atoms with van der Waals surface area (Å²) < 4.78 is 15.1. The molecule has 8 heteroatoms. The highest BCUT2D eigenvalue weighted by Crippen LogP contribution is 2.27. The van der Waals surface area contributed by atoms with Gasteiger partial charge in [0.2, 0.25) is 0 Å². The Labute approximate surface area is 207 Å². The van der Waals surface area contributed by atoms with Crippen molar-refractivity contribution >= 4 is 23.2 Å². The van der Waals surface area contributed by atoms with Crippen LogP contribution in [0.3, 0.4) is 0 Å². The van der Waals surface area contributed by atoms with Gasteiger partial charge in [-0.2, -0.15) is 16.4 Å². The largest absolute Gasteiger partial charge is 0.349 e. The number of halogens is 1. The molecule has 0 aliphatic carbocycles. The van der Waals surface area contributed by atoms with Crippen LogP contribution < -0.4 is 5.32 Å². The molecule has 1 aliphatic heterocycles. The van der Waals surface area contributed by atoms with Crippen LogP contribution in [0.5, 0.6) is 0 Å². The molecule has 1 aliphatic rings. The number of likely N-dealkylation sites (tertiary alicyclic amines) is 1. The number of carbonyl (C=O) groups excluding carboxylic acids is 2. The van der Waals surface area contributed by atoms with E-state index in [-0.39, 0.29) is 23.7 Å². The van der Waals surface area contributed by atoms with Crippen molar-refractivity contribution in [1.82, 2.24) is 20.0 Å². The van der Waals surface area contributed by atoms with E-state index >= 15 is 0 Å². The van der Waals surface area contributed by atoms with E-state index < -0.39 is 0 Å². The van der Waals surface area contributed by atoms with Crippen LogP contribution in [0.15, 0.2) is 71.6 Å². The molecule has 0 atom stereocenters. The Kier molecular flexibility index (Phi) is 6.46. The second-order valence-electron chi connectivity index (χ2n) is 8.73. The van der Waals surface area contributed by atoms with Gasteiger partial charge in [-0.15, -0.1) is 0 Å². The summed E-state index contributed by atoms with van der Waals surface area (Å²) in [6.07, 6.45) is 3.09. The van der Waals surface area contributed by atoms with E-state index in [9.17, 15) is 14.0 Å². The normalized spacial score (nSPS) is 14.2. The summed E-state index contributed by atoms with van der Waals surface area (Å²) >= 11 is 1.49. The van der Waals surface area contributed by atoms with Crippen molar-refractivity contribution in [1.29, 1.82) is 0 Å². The van der Waals surface area contributed by atoms with Gasteiger partial charge in [0, 0.05) is 41.8 Å². The summed E-state index contributed by atoms with van der Waals surface area (Å²) in [6, 6.07) is 15.7. The Bertz CT molecular complexity index is 1320. The molecule has 1 N–H and O–H groups in total. The maximum absolute atomic E-state index is 13.6. The van der Waals surface area contributed by atoms with Crippen molar-refractivity contribution < 1.29 is 14.0 Å². The van der Waals surface area contributed by atoms with E-state index in [0.717, 1.165) is 11.1 Å². The molecule has 4 aromatic rings. The first-order chi connectivity index (χ1) is 17.0. The summed E-state index contributed by atoms with van der Waals surface area (Å²) in [5.41, 5.74) is 4.40. The molecule has 1 fully saturated rings. The van der Waals surface area contributed by atoms with E-state index in [1.165, 1.54) is 23.5 Å². The van der Waals surface area contributed by atoms with Gasteiger partial charge < -0.3 is 10.2 Å². The lowest BCUT2D eigenvalue weighted by molar-refractivity contribution is 0.0699. The van der Waals surface area contributed by atoms with Gasteiger partial charge in [-0.1, -0.05) is 29.8 Å². The topological polar surface area (TPSA) is 67.2 Å². The van der Waals surface area contributed by atoms with Crippen LogP contribution >= 0.6 is 11.3 Å². The van der Waals surface area contributed by atoms with Crippen LogP contribution in [0.25, 0.3) is 16.9 Å². The number of nitrogens with zero attached hydrogens (tertiary/aromatic N) is 3. The maximum Gasteiger partial charge on any atom is 0.257 e. The lowest BCUT2D eigenvalue weighted by atomic mass is 10.0. The zero-order chi connectivity index (χ0) is 24.4. The fourth-order valence-electron chi connectivity index (χ4n) is 4.24. The maximum atomic E-state index is 13.6. The van der Waals surface area contributed by atoms with Crippen molar-refractivity contribution in [2.24, 2.45) is 0 Å². The highest BCUT2D eigenvalue weighted by Gasteiger charge is 2.28. The lowest BCUT2D eigenvalue weighted by Gasteiger charge is -2.32. The van der Waals surface area contributed by atoms with Gasteiger partial charge in [0.15, 0.2) is 0 Å². The monoisotopic (exact) mass is 488 g/mol. The van der Waals surface area contributed by atoms with E-state index in [0.29, 0.717) is 48.4 Å². The number of aryl methyl sites for hydroxylation is 1. The highest BCUT2D eigenvalue weighted by atomic mass is 32.1. The van der Waals surface area contributed by atoms with Gasteiger partial charge in [-0.05, 0) is 55.5 Å². The minimum absolute atomic E-state index is 0.0324. The second kappa shape index (κ2) is 9.84. The van der Waals surface area contributed by atoms with Crippen molar-refractivity contribution in [3.63, 3.8) is 0 Å². The van der Waals surface area contributed by atoms with E-state index in [4.69, 9.17) is 5.10 Å². The minimum atomic E-state index is -0.329. The predicted molar refractivity (Wildman–Crippen MR) is 134 cm³/mol. The molecule has 2 amide bonds. The summed E-state index contributed by atoms with van der Waals surface area (Å²) in [6.45, 7) is 3.10. The van der Waals surface area contributed by atoms with E-state index in [2.05, 4.69) is 5.32 Å². The zero-order valence-electron chi connectivity index (χ0n) is 19.3. The summed E-state index contributed by atoms with van der Waals surface area (Å²) in [5, 5.41) is 11.5. The molecule has 0 radical (unpaired) electrons. The Hall–Kier alpha value is -3.78. The molecule has 5 rings (SSSR count). The van der Waals surface area contributed by atoms with Gasteiger partial charge >= 0.3 is 0 Å². The molecule has 35 heavy (non-hydrogen) atoms. The van der Waals surface area contributed by atoms with Crippen molar-refractivity contribution in [2.75, 3.05) is 13.1 Å². The number of amides is 2. The van der Waals surface area contributed by atoms with Crippen molar-refractivity contribution in [3.8, 4) is 16.9 Å². The number of carbonyl (C=O) groups is 2. The van der Waals surface area contributed by atoms with Crippen LogP contribution in [-0.4, -0.2) is 45.6 Å². The van der Waals surface area contributed by atoms with Gasteiger partial charge in [0.05, 0.1) is 11.3 Å². The quantitative estimate of drug-likeness (QED) is 0.426. The third-order valence-electron chi connectivity index (χ3n) is 6.26. The lowest BCUT2D eigenvalue weighted by Crippen LogP contribution is -2.46. The Morgan fingerprint density at radius 1 is 1.03 bits per heavy atom. The first-order valence-electron chi connectivity index (χ1n) is 11.5. The number of piperidine rings is 1. The predicted octanol–water partition coefficient (Wildman–Crippen LogP) is 5.08. The number of hydrogen-bond acceptors (Lipinski definition) is 4. The number of thiophene rings is 1.